The van der Waals surface area contributed by atoms with E-state index >= 15 is 0 Å². The van der Waals surface area contributed by atoms with E-state index in [0.29, 0.717) is 33.6 Å². The van der Waals surface area contributed by atoms with Crippen molar-refractivity contribution < 1.29 is 18.7 Å². The highest BCUT2D eigenvalue weighted by atomic mass is 79.9. The number of esters is 1. The molecule has 0 fully saturated rings. The normalized spacial score (nSPS) is 12.3. The number of hydrogen-bond donors (Lipinski definition) is 0. The zero-order valence-electron chi connectivity index (χ0n) is 20.1. The molecule has 2 heterocycles. The van der Waals surface area contributed by atoms with Gasteiger partial charge in [-0.05, 0) is 67.9 Å². The molecule has 37 heavy (non-hydrogen) atoms. The lowest BCUT2D eigenvalue weighted by Gasteiger charge is -2.13. The first-order valence-corrected chi connectivity index (χ1v) is 12.4. The fraction of sp³-hybridized carbons (Fsp3) is 0.143. The minimum Gasteiger partial charge on any atom is -0.479 e. The number of carbonyl (C=O) groups is 1. The van der Waals surface area contributed by atoms with Crippen molar-refractivity contribution in [3.05, 3.63) is 93.2 Å². The van der Waals surface area contributed by atoms with Crippen LogP contribution in [-0.2, 0) is 9.53 Å². The number of benzene rings is 3. The van der Waals surface area contributed by atoms with Crippen LogP contribution in [0.15, 0.2) is 91.6 Å². The van der Waals surface area contributed by atoms with Gasteiger partial charge in [-0.15, -0.1) is 0 Å². The Morgan fingerprint density at radius 3 is 2.81 bits per heavy atom. The van der Waals surface area contributed by atoms with Crippen molar-refractivity contribution in [3.63, 3.8) is 0 Å². The summed E-state index contributed by atoms with van der Waals surface area (Å²) in [6.45, 7) is 3.64. The third-order valence-corrected chi connectivity index (χ3v) is 6.06. The van der Waals surface area contributed by atoms with Crippen LogP contribution in [0.2, 0.25) is 0 Å². The Morgan fingerprint density at radius 2 is 1.97 bits per heavy atom. The molecule has 0 aliphatic carbocycles. The second kappa shape index (κ2) is 10.4. The summed E-state index contributed by atoms with van der Waals surface area (Å²) >= 11 is 3.47. The summed E-state index contributed by atoms with van der Waals surface area (Å²) in [7, 11) is 0. The van der Waals surface area contributed by atoms with Crippen molar-refractivity contribution in [2.45, 2.75) is 20.0 Å². The lowest BCUT2D eigenvalue weighted by Crippen LogP contribution is -2.26. The molecule has 0 saturated carbocycles. The number of para-hydroxylation sites is 1. The molecular weight excluding hydrogens is 538 g/mol. The second-order valence-corrected chi connectivity index (χ2v) is 9.11. The molecule has 2 aromatic heterocycles. The van der Waals surface area contributed by atoms with Gasteiger partial charge < -0.3 is 13.9 Å². The molecule has 0 aliphatic heterocycles. The molecule has 1 atom stereocenters. The van der Waals surface area contributed by atoms with Gasteiger partial charge in [0.15, 0.2) is 11.9 Å². The van der Waals surface area contributed by atoms with Crippen LogP contribution in [0.4, 0.5) is 0 Å². The highest BCUT2D eigenvalue weighted by Gasteiger charge is 2.17. The molecular formula is C28H22BrN3O5. The molecule has 0 aliphatic rings. The van der Waals surface area contributed by atoms with Crippen molar-refractivity contribution in [2.24, 2.45) is 5.10 Å². The Labute approximate surface area is 220 Å². The number of nitrogens with zero attached hydrogens (tertiary/aromatic N) is 3. The van der Waals surface area contributed by atoms with Gasteiger partial charge in [0.1, 0.15) is 11.3 Å². The monoisotopic (exact) mass is 559 g/mol. The maximum atomic E-state index is 13.4. The SMILES string of the molecule is CCOC(=O)[C@H](C)Oc1cccc(C=Nn2c(-c3cc4cc(Br)ccc4o3)nc3ccccc3c2=O)c1. The minimum atomic E-state index is -0.765. The van der Waals surface area contributed by atoms with E-state index in [2.05, 4.69) is 21.0 Å². The summed E-state index contributed by atoms with van der Waals surface area (Å²) in [6, 6.07) is 21.6. The van der Waals surface area contributed by atoms with Gasteiger partial charge in [-0.25, -0.2) is 9.78 Å². The van der Waals surface area contributed by atoms with Gasteiger partial charge in [0.2, 0.25) is 5.82 Å². The second-order valence-electron chi connectivity index (χ2n) is 8.19. The van der Waals surface area contributed by atoms with E-state index in [1.807, 2.05) is 36.4 Å². The predicted octanol–water partition coefficient (Wildman–Crippen LogP) is 5.78. The standard InChI is InChI=1S/C28H22BrN3O5/c1-3-35-28(34)17(2)36-21-8-6-7-18(13-21)16-30-32-26(31-23-10-5-4-9-22(23)27(32)33)25-15-19-14-20(29)11-12-24(19)37-25/h4-17H,3H2,1-2H3/t17-/m0/s1. The number of furan rings is 1. The summed E-state index contributed by atoms with van der Waals surface area (Å²) in [6.07, 6.45) is 0.766. The molecule has 0 spiro atoms. The third kappa shape index (κ3) is 5.17. The first kappa shape index (κ1) is 24.5. The number of hydrogen-bond acceptors (Lipinski definition) is 7. The van der Waals surface area contributed by atoms with E-state index in [4.69, 9.17) is 18.9 Å². The quantitative estimate of drug-likeness (QED) is 0.185. The predicted molar refractivity (Wildman–Crippen MR) is 145 cm³/mol. The molecule has 9 heteroatoms. The van der Waals surface area contributed by atoms with Crippen LogP contribution in [0.3, 0.4) is 0 Å². The van der Waals surface area contributed by atoms with Gasteiger partial charge in [-0.3, -0.25) is 4.79 Å². The number of rotatable bonds is 7. The van der Waals surface area contributed by atoms with Gasteiger partial charge in [0.05, 0.1) is 23.7 Å². The Morgan fingerprint density at radius 1 is 1.14 bits per heavy atom. The Kier molecular flexibility index (Phi) is 6.87. The van der Waals surface area contributed by atoms with E-state index in [0.717, 1.165) is 9.86 Å². The number of halogens is 1. The number of fused-ring (bicyclic) bond motifs is 2. The maximum absolute atomic E-state index is 13.4. The van der Waals surface area contributed by atoms with Crippen LogP contribution in [-0.4, -0.2) is 34.6 Å². The molecule has 0 N–H and O–H groups in total. The van der Waals surface area contributed by atoms with Crippen molar-refractivity contribution in [1.29, 1.82) is 0 Å². The van der Waals surface area contributed by atoms with Crippen molar-refractivity contribution in [1.82, 2.24) is 9.66 Å². The number of aromatic nitrogens is 2. The van der Waals surface area contributed by atoms with Crippen molar-refractivity contribution in [2.75, 3.05) is 6.61 Å². The van der Waals surface area contributed by atoms with Gasteiger partial charge in [-0.1, -0.05) is 40.2 Å². The van der Waals surface area contributed by atoms with Crippen LogP contribution in [0.5, 0.6) is 5.75 Å². The van der Waals surface area contributed by atoms with Crippen LogP contribution in [0.1, 0.15) is 19.4 Å². The topological polar surface area (TPSA) is 95.9 Å². The fourth-order valence-electron chi connectivity index (χ4n) is 3.82. The zero-order valence-corrected chi connectivity index (χ0v) is 21.6. The fourth-order valence-corrected chi connectivity index (χ4v) is 4.20. The third-order valence-electron chi connectivity index (χ3n) is 5.56. The van der Waals surface area contributed by atoms with E-state index in [1.54, 1.807) is 50.2 Å². The Balaban J connectivity index is 1.55. The highest BCUT2D eigenvalue weighted by Crippen LogP contribution is 2.29. The number of ether oxygens (including phenoxy) is 2. The van der Waals surface area contributed by atoms with Gasteiger partial charge in [0.25, 0.3) is 5.56 Å². The largest absolute Gasteiger partial charge is 0.479 e. The molecule has 0 amide bonds. The first-order valence-electron chi connectivity index (χ1n) is 11.6. The average molecular weight is 560 g/mol. The van der Waals surface area contributed by atoms with Crippen molar-refractivity contribution in [3.8, 4) is 17.3 Å². The van der Waals surface area contributed by atoms with Gasteiger partial charge in [0, 0.05) is 9.86 Å². The molecule has 5 aromatic rings. The number of carbonyl (C=O) groups excluding carboxylic acids is 1. The van der Waals surface area contributed by atoms with E-state index in [1.165, 1.54) is 10.9 Å². The smallest absolute Gasteiger partial charge is 0.347 e. The molecule has 3 aromatic carbocycles. The van der Waals surface area contributed by atoms with E-state index < -0.39 is 12.1 Å². The minimum absolute atomic E-state index is 0.274. The van der Waals surface area contributed by atoms with Crippen LogP contribution in [0, 0.1) is 0 Å². The summed E-state index contributed by atoms with van der Waals surface area (Å²) in [4.78, 5) is 30.1. The molecule has 8 nitrogen and oxygen atoms in total. The summed E-state index contributed by atoms with van der Waals surface area (Å²) in [5.74, 6) is 0.707. The lowest BCUT2D eigenvalue weighted by atomic mass is 10.2. The Hall–Kier alpha value is -4.24. The molecule has 186 valence electrons. The molecule has 5 rings (SSSR count). The average Bonchev–Trinajstić information content (AvgIpc) is 3.31. The summed E-state index contributed by atoms with van der Waals surface area (Å²) in [5, 5.41) is 5.77. The maximum Gasteiger partial charge on any atom is 0.347 e. The summed E-state index contributed by atoms with van der Waals surface area (Å²) in [5.41, 5.74) is 1.53. The van der Waals surface area contributed by atoms with Gasteiger partial charge in [-0.2, -0.15) is 9.78 Å². The molecule has 0 radical (unpaired) electrons. The van der Waals surface area contributed by atoms with Gasteiger partial charge >= 0.3 is 5.97 Å². The first-order chi connectivity index (χ1) is 17.9. The lowest BCUT2D eigenvalue weighted by molar-refractivity contribution is -0.150. The van der Waals surface area contributed by atoms with E-state index in [9.17, 15) is 9.59 Å². The van der Waals surface area contributed by atoms with E-state index in [-0.39, 0.29) is 18.0 Å². The molecule has 0 bridgehead atoms. The molecule has 0 unspecified atom stereocenters. The van der Waals surface area contributed by atoms with Crippen molar-refractivity contribution >= 4 is 50.0 Å². The molecule has 0 saturated heterocycles. The van der Waals surface area contributed by atoms with Crippen LogP contribution >= 0.6 is 15.9 Å². The summed E-state index contributed by atoms with van der Waals surface area (Å²) < 4.78 is 18.9. The van der Waals surface area contributed by atoms with Crippen LogP contribution < -0.4 is 10.3 Å². The highest BCUT2D eigenvalue weighted by molar-refractivity contribution is 9.10. The van der Waals surface area contributed by atoms with Crippen LogP contribution in [0.25, 0.3) is 33.5 Å². The zero-order chi connectivity index (χ0) is 25.9. The Bertz CT molecular complexity index is 1710.